The van der Waals surface area contributed by atoms with Crippen molar-refractivity contribution in [3.8, 4) is 0 Å². The smallest absolute Gasteiger partial charge is 0.305 e. The highest BCUT2D eigenvalue weighted by atomic mass is 79.9. The highest BCUT2D eigenvalue weighted by Crippen LogP contribution is 2.18. The number of carbonyl (C=O) groups is 1. The first-order valence-corrected chi connectivity index (χ1v) is 5.89. The molecule has 15 heavy (non-hydrogen) atoms. The number of aryl methyl sites for hydroxylation is 1. The van der Waals surface area contributed by atoms with Crippen LogP contribution in [0, 0.1) is 0 Å². The quantitative estimate of drug-likeness (QED) is 0.628. The number of rotatable bonds is 4. The van der Waals surface area contributed by atoms with E-state index in [2.05, 4.69) is 20.7 Å². The summed E-state index contributed by atoms with van der Waals surface area (Å²) in [7, 11) is 1.40. The van der Waals surface area contributed by atoms with Crippen LogP contribution in [0.4, 0.5) is 0 Å². The van der Waals surface area contributed by atoms with E-state index < -0.39 is 0 Å². The highest BCUT2D eigenvalue weighted by molar-refractivity contribution is 9.10. The number of alkyl halides is 1. The topological polar surface area (TPSA) is 26.3 Å². The number of hydrogen-bond donors (Lipinski definition) is 0. The van der Waals surface area contributed by atoms with Crippen LogP contribution in [0.5, 0.6) is 0 Å². The molecule has 0 aliphatic heterocycles. The van der Waals surface area contributed by atoms with Gasteiger partial charge in [-0.25, -0.2) is 0 Å². The van der Waals surface area contributed by atoms with Gasteiger partial charge in [0.1, 0.15) is 0 Å². The Kier molecular flexibility index (Phi) is 5.12. The van der Waals surface area contributed by atoms with Crippen molar-refractivity contribution in [2.75, 3.05) is 7.11 Å². The summed E-state index contributed by atoms with van der Waals surface area (Å²) in [6, 6.07) is 5.95. The van der Waals surface area contributed by atoms with Crippen molar-refractivity contribution in [1.29, 1.82) is 0 Å². The maximum atomic E-state index is 11.0. The summed E-state index contributed by atoms with van der Waals surface area (Å²) < 4.78 is 5.57. The fraction of sp³-hybridized carbons (Fsp3) is 0.364. The van der Waals surface area contributed by atoms with Gasteiger partial charge < -0.3 is 4.74 Å². The molecule has 0 saturated carbocycles. The number of halogens is 2. The molecule has 1 aromatic rings. The summed E-state index contributed by atoms with van der Waals surface area (Å²) in [5, 5.41) is 0. The van der Waals surface area contributed by atoms with Crippen LogP contribution in [-0.4, -0.2) is 13.1 Å². The van der Waals surface area contributed by atoms with Gasteiger partial charge in [-0.3, -0.25) is 4.79 Å². The van der Waals surface area contributed by atoms with Crippen LogP contribution in [-0.2, 0) is 21.8 Å². The average Bonchev–Trinajstić information content (AvgIpc) is 2.25. The van der Waals surface area contributed by atoms with Crippen LogP contribution in [0.3, 0.4) is 0 Å². The van der Waals surface area contributed by atoms with E-state index in [1.54, 1.807) is 0 Å². The van der Waals surface area contributed by atoms with E-state index in [1.807, 2.05) is 18.2 Å². The lowest BCUT2D eigenvalue weighted by molar-refractivity contribution is -0.140. The van der Waals surface area contributed by atoms with E-state index in [1.165, 1.54) is 7.11 Å². The fourth-order valence-electron chi connectivity index (χ4n) is 1.29. The number of hydrogen-bond acceptors (Lipinski definition) is 2. The second-order valence-electron chi connectivity index (χ2n) is 3.18. The lowest BCUT2D eigenvalue weighted by atomic mass is 10.1. The van der Waals surface area contributed by atoms with Gasteiger partial charge >= 0.3 is 5.97 Å². The number of methoxy groups -OCH3 is 1. The van der Waals surface area contributed by atoms with Gasteiger partial charge in [0.15, 0.2) is 0 Å². The molecule has 0 amide bonds. The summed E-state index contributed by atoms with van der Waals surface area (Å²) >= 11 is 9.15. The minimum atomic E-state index is -0.192. The fourth-order valence-corrected chi connectivity index (χ4v) is 2.03. The van der Waals surface area contributed by atoms with Crippen LogP contribution in [0.25, 0.3) is 0 Å². The van der Waals surface area contributed by atoms with E-state index >= 15 is 0 Å². The van der Waals surface area contributed by atoms with Gasteiger partial charge in [-0.05, 0) is 29.7 Å². The van der Waals surface area contributed by atoms with Crippen molar-refractivity contribution < 1.29 is 9.53 Å². The lowest BCUT2D eigenvalue weighted by Gasteiger charge is -2.04. The van der Waals surface area contributed by atoms with E-state index in [4.69, 9.17) is 11.6 Å². The number of ether oxygens (including phenoxy) is 1. The SMILES string of the molecule is COC(=O)CCc1cc(Br)cc(CCl)c1. The maximum absolute atomic E-state index is 11.0. The van der Waals surface area contributed by atoms with Gasteiger partial charge in [0.25, 0.3) is 0 Å². The zero-order valence-corrected chi connectivity index (χ0v) is 10.8. The molecule has 0 aliphatic rings. The third kappa shape index (κ3) is 4.22. The van der Waals surface area contributed by atoms with Gasteiger partial charge in [0, 0.05) is 16.8 Å². The molecule has 1 rings (SSSR count). The Hall–Kier alpha value is -0.540. The van der Waals surface area contributed by atoms with Crippen LogP contribution in [0.15, 0.2) is 22.7 Å². The van der Waals surface area contributed by atoms with E-state index in [-0.39, 0.29) is 5.97 Å². The summed E-state index contributed by atoms with van der Waals surface area (Å²) in [5.41, 5.74) is 2.14. The van der Waals surface area contributed by atoms with E-state index in [9.17, 15) is 4.79 Å². The predicted octanol–water partition coefficient (Wildman–Crippen LogP) is 3.29. The molecule has 0 saturated heterocycles. The Morgan fingerprint density at radius 2 is 2.07 bits per heavy atom. The number of esters is 1. The summed E-state index contributed by atoms with van der Waals surface area (Å²) in [6.07, 6.45) is 1.07. The molecule has 0 bridgehead atoms. The molecule has 0 spiro atoms. The summed E-state index contributed by atoms with van der Waals surface area (Å²) in [6.45, 7) is 0. The highest BCUT2D eigenvalue weighted by Gasteiger charge is 2.03. The molecule has 0 heterocycles. The predicted molar refractivity (Wildman–Crippen MR) is 64.0 cm³/mol. The summed E-state index contributed by atoms with van der Waals surface area (Å²) in [5.74, 6) is 0.285. The van der Waals surface area contributed by atoms with Crippen LogP contribution >= 0.6 is 27.5 Å². The first-order valence-electron chi connectivity index (χ1n) is 4.57. The molecule has 0 N–H and O–H groups in total. The Morgan fingerprint density at radius 1 is 1.40 bits per heavy atom. The van der Waals surface area contributed by atoms with Crippen LogP contribution < -0.4 is 0 Å². The first-order chi connectivity index (χ1) is 7.15. The second kappa shape index (κ2) is 6.13. The molecule has 1 aromatic carbocycles. The first kappa shape index (κ1) is 12.5. The van der Waals surface area contributed by atoms with Crippen molar-refractivity contribution in [3.63, 3.8) is 0 Å². The van der Waals surface area contributed by atoms with Crippen molar-refractivity contribution in [2.24, 2.45) is 0 Å². The molecule has 0 atom stereocenters. The van der Waals surface area contributed by atoms with Gasteiger partial charge in [-0.15, -0.1) is 11.6 Å². The third-order valence-electron chi connectivity index (χ3n) is 2.02. The van der Waals surface area contributed by atoms with E-state index in [0.29, 0.717) is 18.7 Å². The van der Waals surface area contributed by atoms with Gasteiger partial charge in [-0.1, -0.05) is 22.0 Å². The van der Waals surface area contributed by atoms with Crippen molar-refractivity contribution in [1.82, 2.24) is 0 Å². The molecular weight excluding hydrogens is 279 g/mol. The zero-order valence-electron chi connectivity index (χ0n) is 8.43. The van der Waals surface area contributed by atoms with Crippen LogP contribution in [0.1, 0.15) is 17.5 Å². The Bertz CT molecular complexity index is 352. The Labute approximate surface area is 103 Å². The van der Waals surface area contributed by atoms with E-state index in [0.717, 1.165) is 15.6 Å². The Morgan fingerprint density at radius 3 is 2.67 bits per heavy atom. The molecule has 0 aliphatic carbocycles. The molecule has 0 radical (unpaired) electrons. The standard InChI is InChI=1S/C11H12BrClO2/c1-15-11(14)3-2-8-4-9(7-13)6-10(12)5-8/h4-6H,2-3,7H2,1H3. The lowest BCUT2D eigenvalue weighted by Crippen LogP contribution is -2.02. The average molecular weight is 292 g/mol. The summed E-state index contributed by atoms with van der Waals surface area (Å²) in [4.78, 5) is 11.0. The van der Waals surface area contributed by atoms with Crippen molar-refractivity contribution >= 4 is 33.5 Å². The van der Waals surface area contributed by atoms with Crippen molar-refractivity contribution in [3.05, 3.63) is 33.8 Å². The molecule has 0 fully saturated rings. The van der Waals surface area contributed by atoms with Gasteiger partial charge in [0.05, 0.1) is 7.11 Å². The minimum Gasteiger partial charge on any atom is -0.469 e. The third-order valence-corrected chi connectivity index (χ3v) is 2.78. The number of carbonyl (C=O) groups excluding carboxylic acids is 1. The maximum Gasteiger partial charge on any atom is 0.305 e. The molecule has 0 aromatic heterocycles. The largest absolute Gasteiger partial charge is 0.469 e. The van der Waals surface area contributed by atoms with Gasteiger partial charge in [-0.2, -0.15) is 0 Å². The molecule has 82 valence electrons. The minimum absolute atomic E-state index is 0.192. The molecule has 2 nitrogen and oxygen atoms in total. The molecular formula is C11H12BrClO2. The zero-order chi connectivity index (χ0) is 11.3. The van der Waals surface area contributed by atoms with Crippen molar-refractivity contribution in [2.45, 2.75) is 18.7 Å². The molecule has 0 unspecified atom stereocenters. The number of benzene rings is 1. The van der Waals surface area contributed by atoms with Crippen LogP contribution in [0.2, 0.25) is 0 Å². The van der Waals surface area contributed by atoms with Gasteiger partial charge in [0.2, 0.25) is 0 Å². The second-order valence-corrected chi connectivity index (χ2v) is 4.36. The Balaban J connectivity index is 2.68. The monoisotopic (exact) mass is 290 g/mol. The normalized spacial score (nSPS) is 10.1. The molecule has 4 heteroatoms.